The SMILES string of the molecule is CCC(C)Nc1ccc(NC(=O)CCc2ccc(OC)c(OC)c2)cn1. The fourth-order valence-electron chi connectivity index (χ4n) is 2.43. The molecular weight excluding hydrogens is 330 g/mol. The second kappa shape index (κ2) is 9.65. The van der Waals surface area contributed by atoms with E-state index in [0.29, 0.717) is 36.1 Å². The average molecular weight is 357 g/mol. The van der Waals surface area contributed by atoms with Crippen molar-refractivity contribution < 1.29 is 14.3 Å². The van der Waals surface area contributed by atoms with Crippen LogP contribution in [0.15, 0.2) is 36.5 Å². The number of ether oxygens (including phenoxy) is 2. The zero-order valence-corrected chi connectivity index (χ0v) is 15.8. The third kappa shape index (κ3) is 5.65. The Morgan fingerprint density at radius 2 is 1.92 bits per heavy atom. The van der Waals surface area contributed by atoms with E-state index < -0.39 is 0 Å². The van der Waals surface area contributed by atoms with Crippen molar-refractivity contribution in [2.24, 2.45) is 0 Å². The standard InChI is InChI=1S/C20H27N3O3/c1-5-14(2)22-19-10-8-16(13-21-19)23-20(24)11-7-15-6-9-17(25-3)18(12-15)26-4/h6,8-10,12-14H,5,7,11H2,1-4H3,(H,21,22)(H,23,24). The van der Waals surface area contributed by atoms with Crippen LogP contribution in [-0.2, 0) is 11.2 Å². The number of carbonyl (C=O) groups excluding carboxylic acids is 1. The Bertz CT molecular complexity index is 717. The highest BCUT2D eigenvalue weighted by Crippen LogP contribution is 2.28. The smallest absolute Gasteiger partial charge is 0.224 e. The summed E-state index contributed by atoms with van der Waals surface area (Å²) in [6.45, 7) is 4.22. The lowest BCUT2D eigenvalue weighted by atomic mass is 10.1. The van der Waals surface area contributed by atoms with Crippen LogP contribution in [0.3, 0.4) is 0 Å². The third-order valence-corrected chi connectivity index (χ3v) is 4.14. The predicted molar refractivity (Wildman–Crippen MR) is 104 cm³/mol. The summed E-state index contributed by atoms with van der Waals surface area (Å²) in [7, 11) is 3.20. The minimum atomic E-state index is -0.0516. The zero-order valence-electron chi connectivity index (χ0n) is 15.8. The molecule has 2 rings (SSSR count). The fourth-order valence-corrected chi connectivity index (χ4v) is 2.43. The van der Waals surface area contributed by atoms with Crippen LogP contribution < -0.4 is 20.1 Å². The van der Waals surface area contributed by atoms with Gasteiger partial charge in [0.2, 0.25) is 5.91 Å². The molecule has 0 radical (unpaired) electrons. The van der Waals surface area contributed by atoms with Crippen molar-refractivity contribution in [3.8, 4) is 11.5 Å². The maximum absolute atomic E-state index is 12.2. The van der Waals surface area contributed by atoms with Gasteiger partial charge in [0, 0.05) is 12.5 Å². The molecule has 0 spiro atoms. The van der Waals surface area contributed by atoms with Gasteiger partial charge in [0.15, 0.2) is 11.5 Å². The van der Waals surface area contributed by atoms with E-state index in [4.69, 9.17) is 9.47 Å². The van der Waals surface area contributed by atoms with Crippen LogP contribution in [0.2, 0.25) is 0 Å². The molecule has 6 heteroatoms. The highest BCUT2D eigenvalue weighted by atomic mass is 16.5. The largest absolute Gasteiger partial charge is 0.493 e. The van der Waals surface area contributed by atoms with Crippen LogP contribution in [0.5, 0.6) is 11.5 Å². The molecule has 0 fully saturated rings. The molecule has 1 amide bonds. The number of anilines is 2. The Morgan fingerprint density at radius 1 is 1.15 bits per heavy atom. The van der Waals surface area contributed by atoms with Gasteiger partial charge < -0.3 is 20.1 Å². The number of aromatic nitrogens is 1. The van der Waals surface area contributed by atoms with Gasteiger partial charge >= 0.3 is 0 Å². The Labute approximate surface area is 154 Å². The lowest BCUT2D eigenvalue weighted by Crippen LogP contribution is -2.15. The summed E-state index contributed by atoms with van der Waals surface area (Å²) in [5.41, 5.74) is 1.71. The maximum atomic E-state index is 12.2. The molecule has 0 aliphatic carbocycles. The van der Waals surface area contributed by atoms with Crippen molar-refractivity contribution in [3.05, 3.63) is 42.1 Å². The molecule has 1 aromatic carbocycles. The first-order valence-corrected chi connectivity index (χ1v) is 8.79. The Hall–Kier alpha value is -2.76. The van der Waals surface area contributed by atoms with E-state index in [0.717, 1.165) is 17.8 Å². The molecule has 2 N–H and O–H groups in total. The van der Waals surface area contributed by atoms with Crippen molar-refractivity contribution in [1.82, 2.24) is 4.98 Å². The molecule has 2 aromatic rings. The van der Waals surface area contributed by atoms with Gasteiger partial charge in [0.25, 0.3) is 0 Å². The average Bonchev–Trinajstić information content (AvgIpc) is 2.67. The van der Waals surface area contributed by atoms with E-state index >= 15 is 0 Å². The summed E-state index contributed by atoms with van der Waals surface area (Å²) in [6, 6.07) is 9.76. The number of hydrogen-bond acceptors (Lipinski definition) is 5. The number of benzene rings is 1. The van der Waals surface area contributed by atoms with Gasteiger partial charge in [-0.1, -0.05) is 13.0 Å². The molecule has 0 aliphatic heterocycles. The van der Waals surface area contributed by atoms with Crippen LogP contribution in [0.4, 0.5) is 11.5 Å². The number of carbonyl (C=O) groups is 1. The monoisotopic (exact) mass is 357 g/mol. The number of aryl methyl sites for hydroxylation is 1. The second-order valence-electron chi connectivity index (χ2n) is 6.12. The van der Waals surface area contributed by atoms with Gasteiger partial charge in [-0.05, 0) is 49.6 Å². The van der Waals surface area contributed by atoms with Gasteiger partial charge in [-0.3, -0.25) is 4.79 Å². The van der Waals surface area contributed by atoms with Gasteiger partial charge in [-0.2, -0.15) is 0 Å². The van der Waals surface area contributed by atoms with Crippen molar-refractivity contribution in [3.63, 3.8) is 0 Å². The highest BCUT2D eigenvalue weighted by molar-refractivity contribution is 5.90. The summed E-state index contributed by atoms with van der Waals surface area (Å²) >= 11 is 0. The summed E-state index contributed by atoms with van der Waals surface area (Å²) in [5.74, 6) is 2.10. The number of pyridine rings is 1. The van der Waals surface area contributed by atoms with Crippen LogP contribution in [-0.4, -0.2) is 31.2 Å². The molecule has 26 heavy (non-hydrogen) atoms. The Morgan fingerprint density at radius 3 is 2.54 bits per heavy atom. The van der Waals surface area contributed by atoms with Gasteiger partial charge in [-0.15, -0.1) is 0 Å². The molecule has 0 saturated carbocycles. The van der Waals surface area contributed by atoms with E-state index in [1.54, 1.807) is 20.4 Å². The first-order valence-electron chi connectivity index (χ1n) is 8.79. The molecule has 0 bridgehead atoms. The number of nitrogens with zero attached hydrogens (tertiary/aromatic N) is 1. The van der Waals surface area contributed by atoms with Crippen molar-refractivity contribution >= 4 is 17.4 Å². The lowest BCUT2D eigenvalue weighted by Gasteiger charge is -2.12. The minimum absolute atomic E-state index is 0.0516. The molecule has 0 saturated heterocycles. The topological polar surface area (TPSA) is 72.5 Å². The molecule has 0 aliphatic rings. The van der Waals surface area contributed by atoms with E-state index in [1.807, 2.05) is 30.3 Å². The Kier molecular flexibility index (Phi) is 7.26. The van der Waals surface area contributed by atoms with E-state index in [9.17, 15) is 4.79 Å². The Balaban J connectivity index is 1.87. The van der Waals surface area contributed by atoms with E-state index in [1.165, 1.54) is 0 Å². The number of nitrogens with one attached hydrogen (secondary N) is 2. The highest BCUT2D eigenvalue weighted by Gasteiger charge is 2.08. The molecular formula is C20H27N3O3. The first-order chi connectivity index (χ1) is 12.5. The van der Waals surface area contributed by atoms with Crippen LogP contribution in [0.25, 0.3) is 0 Å². The summed E-state index contributed by atoms with van der Waals surface area (Å²) in [5, 5.41) is 6.17. The number of hydrogen-bond donors (Lipinski definition) is 2. The molecule has 1 unspecified atom stereocenters. The van der Waals surface area contributed by atoms with Crippen molar-refractivity contribution in [2.75, 3.05) is 24.9 Å². The lowest BCUT2D eigenvalue weighted by molar-refractivity contribution is -0.116. The van der Waals surface area contributed by atoms with Crippen LogP contribution in [0, 0.1) is 0 Å². The number of amides is 1. The number of methoxy groups -OCH3 is 2. The van der Waals surface area contributed by atoms with E-state index in [-0.39, 0.29) is 5.91 Å². The van der Waals surface area contributed by atoms with Crippen molar-refractivity contribution in [1.29, 1.82) is 0 Å². The normalized spacial score (nSPS) is 11.5. The molecule has 6 nitrogen and oxygen atoms in total. The van der Waals surface area contributed by atoms with Crippen molar-refractivity contribution in [2.45, 2.75) is 39.2 Å². The molecule has 140 valence electrons. The quantitative estimate of drug-likeness (QED) is 0.712. The predicted octanol–water partition coefficient (Wildman–Crippen LogP) is 3.88. The fraction of sp³-hybridized carbons (Fsp3) is 0.400. The summed E-state index contributed by atoms with van der Waals surface area (Å²) < 4.78 is 10.5. The second-order valence-corrected chi connectivity index (χ2v) is 6.12. The van der Waals surface area contributed by atoms with Gasteiger partial charge in [0.1, 0.15) is 5.82 Å². The van der Waals surface area contributed by atoms with Crippen LogP contribution >= 0.6 is 0 Å². The van der Waals surface area contributed by atoms with E-state index in [2.05, 4.69) is 29.5 Å². The van der Waals surface area contributed by atoms with Crippen LogP contribution in [0.1, 0.15) is 32.3 Å². The zero-order chi connectivity index (χ0) is 18.9. The van der Waals surface area contributed by atoms with Gasteiger partial charge in [-0.25, -0.2) is 4.98 Å². The summed E-state index contributed by atoms with van der Waals surface area (Å²) in [6.07, 6.45) is 3.69. The minimum Gasteiger partial charge on any atom is -0.493 e. The number of rotatable bonds is 9. The summed E-state index contributed by atoms with van der Waals surface area (Å²) in [4.78, 5) is 16.5. The maximum Gasteiger partial charge on any atom is 0.224 e. The third-order valence-electron chi connectivity index (χ3n) is 4.14. The molecule has 1 atom stereocenters. The van der Waals surface area contributed by atoms with Gasteiger partial charge in [0.05, 0.1) is 26.1 Å². The molecule has 1 heterocycles. The molecule has 1 aromatic heterocycles. The first kappa shape index (κ1) is 19.6.